The minimum atomic E-state index is 0.282. The van der Waals surface area contributed by atoms with Crippen LogP contribution >= 0.6 is 11.8 Å². The number of ether oxygens (including phenoxy) is 2. The van der Waals surface area contributed by atoms with Crippen molar-refractivity contribution in [2.24, 2.45) is 0 Å². The number of methoxy groups -OCH3 is 2. The first-order valence-corrected chi connectivity index (χ1v) is 7.57. The van der Waals surface area contributed by atoms with E-state index in [4.69, 9.17) is 14.6 Å². The van der Waals surface area contributed by atoms with E-state index in [0.29, 0.717) is 0 Å². The van der Waals surface area contributed by atoms with E-state index in [1.54, 1.807) is 14.2 Å². The van der Waals surface area contributed by atoms with Gasteiger partial charge in [0.05, 0.1) is 14.2 Å². The summed E-state index contributed by atoms with van der Waals surface area (Å²) in [4.78, 5) is 0. The zero-order valence-corrected chi connectivity index (χ0v) is 12.5. The Kier molecular flexibility index (Phi) is 8.45. The van der Waals surface area contributed by atoms with Crippen LogP contribution in [0.4, 0.5) is 0 Å². The van der Waals surface area contributed by atoms with Crippen molar-refractivity contribution in [2.75, 3.05) is 38.9 Å². The van der Waals surface area contributed by atoms with E-state index in [1.807, 2.05) is 30.0 Å². The molecule has 0 spiro atoms. The highest BCUT2D eigenvalue weighted by Crippen LogP contribution is 2.22. The standard InChI is InChI=1S/C14H23NO3S/c1-17-13-8-12(9-14(10-13)18-2)11-15-4-7-19-6-3-5-16/h8-10,15-16H,3-7,11H2,1-2H3. The van der Waals surface area contributed by atoms with Crippen molar-refractivity contribution in [2.45, 2.75) is 13.0 Å². The van der Waals surface area contributed by atoms with E-state index in [0.717, 1.165) is 48.1 Å². The van der Waals surface area contributed by atoms with Crippen LogP contribution in [0.1, 0.15) is 12.0 Å². The molecular weight excluding hydrogens is 262 g/mol. The van der Waals surface area contributed by atoms with Gasteiger partial charge in [-0.1, -0.05) is 0 Å². The molecule has 0 radical (unpaired) electrons. The third kappa shape index (κ3) is 6.71. The van der Waals surface area contributed by atoms with Gasteiger partial charge < -0.3 is 19.9 Å². The molecular formula is C14H23NO3S. The van der Waals surface area contributed by atoms with Gasteiger partial charge in [-0.25, -0.2) is 0 Å². The van der Waals surface area contributed by atoms with Crippen molar-refractivity contribution in [3.05, 3.63) is 23.8 Å². The summed E-state index contributed by atoms with van der Waals surface area (Å²) in [6.07, 6.45) is 0.873. The summed E-state index contributed by atoms with van der Waals surface area (Å²) in [5.41, 5.74) is 1.15. The second-order valence-electron chi connectivity index (χ2n) is 4.09. The largest absolute Gasteiger partial charge is 0.497 e. The Hall–Kier alpha value is -0.910. The van der Waals surface area contributed by atoms with Crippen molar-refractivity contribution < 1.29 is 14.6 Å². The zero-order valence-electron chi connectivity index (χ0n) is 11.6. The lowest BCUT2D eigenvalue weighted by Gasteiger charge is -2.09. The smallest absolute Gasteiger partial charge is 0.122 e. The van der Waals surface area contributed by atoms with Gasteiger partial charge >= 0.3 is 0 Å². The Morgan fingerprint density at radius 1 is 1.11 bits per heavy atom. The van der Waals surface area contributed by atoms with Crippen LogP contribution in [0.3, 0.4) is 0 Å². The summed E-state index contributed by atoms with van der Waals surface area (Å²) in [5, 5.41) is 12.1. The fourth-order valence-corrected chi connectivity index (χ4v) is 2.44. The number of aliphatic hydroxyl groups is 1. The van der Waals surface area contributed by atoms with Crippen LogP contribution in [0.25, 0.3) is 0 Å². The van der Waals surface area contributed by atoms with Crippen molar-refractivity contribution in [3.8, 4) is 11.5 Å². The Labute approximate surface area is 119 Å². The second kappa shape index (κ2) is 9.95. The van der Waals surface area contributed by atoms with E-state index >= 15 is 0 Å². The monoisotopic (exact) mass is 285 g/mol. The molecule has 0 aliphatic carbocycles. The molecule has 0 saturated heterocycles. The lowest BCUT2D eigenvalue weighted by molar-refractivity contribution is 0.296. The SMILES string of the molecule is COc1cc(CNCCSCCCO)cc(OC)c1. The average molecular weight is 285 g/mol. The summed E-state index contributed by atoms with van der Waals surface area (Å²) >= 11 is 1.86. The highest BCUT2D eigenvalue weighted by molar-refractivity contribution is 7.99. The summed E-state index contributed by atoms with van der Waals surface area (Å²) in [7, 11) is 3.31. The van der Waals surface area contributed by atoms with E-state index in [2.05, 4.69) is 5.32 Å². The van der Waals surface area contributed by atoms with Gasteiger partial charge in [0.2, 0.25) is 0 Å². The number of nitrogens with one attached hydrogen (secondary N) is 1. The van der Waals surface area contributed by atoms with E-state index < -0.39 is 0 Å². The van der Waals surface area contributed by atoms with Crippen LogP contribution in [0, 0.1) is 0 Å². The van der Waals surface area contributed by atoms with Crippen molar-refractivity contribution in [1.29, 1.82) is 0 Å². The molecule has 0 atom stereocenters. The molecule has 0 aromatic heterocycles. The van der Waals surface area contributed by atoms with Gasteiger partial charge in [0.25, 0.3) is 0 Å². The number of rotatable bonds is 10. The molecule has 0 aliphatic rings. The van der Waals surface area contributed by atoms with Crippen molar-refractivity contribution in [3.63, 3.8) is 0 Å². The average Bonchev–Trinajstić information content (AvgIpc) is 2.45. The Balaban J connectivity index is 2.28. The molecule has 0 unspecified atom stereocenters. The first kappa shape index (κ1) is 16.1. The molecule has 0 saturated carbocycles. The van der Waals surface area contributed by atoms with Gasteiger partial charge in [0, 0.05) is 31.5 Å². The van der Waals surface area contributed by atoms with Crippen molar-refractivity contribution in [1.82, 2.24) is 5.32 Å². The number of hydrogen-bond donors (Lipinski definition) is 2. The van der Waals surface area contributed by atoms with Crippen LogP contribution < -0.4 is 14.8 Å². The molecule has 1 rings (SSSR count). The predicted molar refractivity (Wildman–Crippen MR) is 80.3 cm³/mol. The van der Waals surface area contributed by atoms with Gasteiger partial charge in [-0.2, -0.15) is 11.8 Å². The van der Waals surface area contributed by atoms with E-state index in [9.17, 15) is 0 Å². The maximum atomic E-state index is 8.66. The Morgan fingerprint density at radius 2 is 1.79 bits per heavy atom. The zero-order chi connectivity index (χ0) is 13.9. The number of aliphatic hydroxyl groups excluding tert-OH is 1. The van der Waals surface area contributed by atoms with Crippen LogP contribution in [-0.4, -0.2) is 44.0 Å². The fourth-order valence-electron chi connectivity index (χ4n) is 1.61. The Morgan fingerprint density at radius 3 is 2.37 bits per heavy atom. The van der Waals surface area contributed by atoms with Crippen LogP contribution in [0.5, 0.6) is 11.5 Å². The van der Waals surface area contributed by atoms with E-state index in [-0.39, 0.29) is 6.61 Å². The molecule has 4 nitrogen and oxygen atoms in total. The highest BCUT2D eigenvalue weighted by atomic mass is 32.2. The molecule has 1 aromatic rings. The van der Waals surface area contributed by atoms with Crippen molar-refractivity contribution >= 4 is 11.8 Å². The lowest BCUT2D eigenvalue weighted by atomic mass is 10.2. The summed E-state index contributed by atoms with van der Waals surface area (Å²) in [6.45, 7) is 2.04. The molecule has 0 bridgehead atoms. The van der Waals surface area contributed by atoms with Gasteiger partial charge in [0.1, 0.15) is 11.5 Å². The lowest BCUT2D eigenvalue weighted by Crippen LogP contribution is -2.16. The second-order valence-corrected chi connectivity index (χ2v) is 5.31. The van der Waals surface area contributed by atoms with Gasteiger partial charge in [0.15, 0.2) is 0 Å². The molecule has 108 valence electrons. The van der Waals surface area contributed by atoms with Crippen LogP contribution in [0.15, 0.2) is 18.2 Å². The van der Waals surface area contributed by atoms with Crippen LogP contribution in [-0.2, 0) is 6.54 Å². The fraction of sp³-hybridized carbons (Fsp3) is 0.571. The molecule has 0 aliphatic heterocycles. The first-order chi connectivity index (χ1) is 9.30. The van der Waals surface area contributed by atoms with Gasteiger partial charge in [-0.3, -0.25) is 0 Å². The third-order valence-electron chi connectivity index (χ3n) is 2.61. The molecule has 0 fully saturated rings. The summed E-state index contributed by atoms with van der Waals surface area (Å²) in [5.74, 6) is 3.70. The maximum Gasteiger partial charge on any atom is 0.122 e. The summed E-state index contributed by atoms with van der Waals surface area (Å²) < 4.78 is 10.5. The van der Waals surface area contributed by atoms with Gasteiger partial charge in [-0.15, -0.1) is 0 Å². The minimum absolute atomic E-state index is 0.282. The summed E-state index contributed by atoms with van der Waals surface area (Å²) in [6, 6.07) is 5.89. The van der Waals surface area contributed by atoms with Crippen LogP contribution in [0.2, 0.25) is 0 Å². The minimum Gasteiger partial charge on any atom is -0.497 e. The van der Waals surface area contributed by atoms with Gasteiger partial charge in [-0.05, 0) is 29.9 Å². The molecule has 5 heteroatoms. The molecule has 19 heavy (non-hydrogen) atoms. The number of hydrogen-bond acceptors (Lipinski definition) is 5. The normalized spacial score (nSPS) is 10.5. The topological polar surface area (TPSA) is 50.7 Å². The molecule has 0 amide bonds. The quantitative estimate of drug-likeness (QED) is 0.643. The predicted octanol–water partition coefficient (Wildman–Crippen LogP) is 1.91. The molecule has 2 N–H and O–H groups in total. The first-order valence-electron chi connectivity index (χ1n) is 6.41. The Bertz CT molecular complexity index is 338. The maximum absolute atomic E-state index is 8.66. The highest BCUT2D eigenvalue weighted by Gasteiger charge is 2.01. The number of thioether (sulfide) groups is 1. The van der Waals surface area contributed by atoms with E-state index in [1.165, 1.54) is 0 Å². The molecule has 0 heterocycles. The molecule has 1 aromatic carbocycles. The number of benzene rings is 1. The third-order valence-corrected chi connectivity index (χ3v) is 3.68.